The maximum atomic E-state index is 12.7. The van der Waals surface area contributed by atoms with Gasteiger partial charge in [0.05, 0.1) is 5.69 Å². The van der Waals surface area contributed by atoms with E-state index in [1.54, 1.807) is 30.0 Å². The Hall–Kier alpha value is -0.820. The lowest BCUT2D eigenvalue weighted by atomic mass is 10.0. The molecule has 106 valence electrons. The quantitative estimate of drug-likeness (QED) is 0.770. The van der Waals surface area contributed by atoms with Gasteiger partial charge in [0, 0.05) is 8.59 Å². The highest BCUT2D eigenvalue weighted by Crippen LogP contribution is 2.37. The molecule has 0 bridgehead atoms. The molecule has 2 amide bonds. The molecule has 1 saturated carbocycles. The SMILES string of the molecule is CC1C(=O)NC(C2CC2)C(=O)N1c1ccc(Cl)cc1I. The fourth-order valence-electron chi connectivity index (χ4n) is 2.55. The fourth-order valence-corrected chi connectivity index (χ4v) is 3.68. The minimum Gasteiger partial charge on any atom is -0.342 e. The Morgan fingerprint density at radius 3 is 2.65 bits per heavy atom. The summed E-state index contributed by atoms with van der Waals surface area (Å²) >= 11 is 8.10. The van der Waals surface area contributed by atoms with Gasteiger partial charge >= 0.3 is 0 Å². The van der Waals surface area contributed by atoms with Crippen LogP contribution >= 0.6 is 34.2 Å². The molecule has 1 heterocycles. The molecule has 0 spiro atoms. The van der Waals surface area contributed by atoms with E-state index in [0.717, 1.165) is 22.1 Å². The van der Waals surface area contributed by atoms with E-state index in [1.807, 2.05) is 0 Å². The topological polar surface area (TPSA) is 49.4 Å². The van der Waals surface area contributed by atoms with Crippen LogP contribution in [0.1, 0.15) is 19.8 Å². The van der Waals surface area contributed by atoms with Crippen LogP contribution in [-0.4, -0.2) is 23.9 Å². The first-order chi connectivity index (χ1) is 9.49. The Labute approximate surface area is 136 Å². The minimum absolute atomic E-state index is 0.0140. The van der Waals surface area contributed by atoms with Gasteiger partial charge in [-0.05, 0) is 66.5 Å². The molecule has 4 nitrogen and oxygen atoms in total. The molecule has 0 radical (unpaired) electrons. The smallest absolute Gasteiger partial charge is 0.250 e. The maximum absolute atomic E-state index is 12.7. The molecule has 2 unspecified atom stereocenters. The number of nitrogens with zero attached hydrogens (tertiary/aromatic N) is 1. The number of piperazine rings is 1. The van der Waals surface area contributed by atoms with E-state index in [2.05, 4.69) is 27.9 Å². The zero-order valence-corrected chi connectivity index (χ0v) is 13.8. The molecule has 1 saturated heterocycles. The van der Waals surface area contributed by atoms with Gasteiger partial charge in [-0.3, -0.25) is 14.5 Å². The lowest BCUT2D eigenvalue weighted by Gasteiger charge is -2.38. The van der Waals surface area contributed by atoms with Crippen LogP contribution in [0.5, 0.6) is 0 Å². The highest BCUT2D eigenvalue weighted by Gasteiger charge is 2.46. The highest BCUT2D eigenvalue weighted by atomic mass is 127. The van der Waals surface area contributed by atoms with E-state index in [-0.39, 0.29) is 17.9 Å². The van der Waals surface area contributed by atoms with Crippen molar-refractivity contribution in [3.63, 3.8) is 0 Å². The molecule has 2 aliphatic rings. The van der Waals surface area contributed by atoms with Gasteiger partial charge in [-0.15, -0.1) is 0 Å². The Bertz CT molecular complexity index is 589. The lowest BCUT2D eigenvalue weighted by Crippen LogP contribution is -2.63. The van der Waals surface area contributed by atoms with Gasteiger partial charge in [0.25, 0.3) is 5.91 Å². The molecule has 0 aromatic heterocycles. The summed E-state index contributed by atoms with van der Waals surface area (Å²) in [5, 5.41) is 3.47. The molecule has 1 aromatic rings. The predicted molar refractivity (Wildman–Crippen MR) is 85.8 cm³/mol. The van der Waals surface area contributed by atoms with Crippen LogP contribution < -0.4 is 10.2 Å². The van der Waals surface area contributed by atoms with E-state index in [1.165, 1.54) is 0 Å². The van der Waals surface area contributed by atoms with Crippen molar-refractivity contribution in [2.75, 3.05) is 4.90 Å². The molecule has 3 rings (SSSR count). The molecular weight excluding hydrogens is 391 g/mol. The summed E-state index contributed by atoms with van der Waals surface area (Å²) in [5.74, 6) is 0.193. The first-order valence-electron chi connectivity index (χ1n) is 6.57. The largest absolute Gasteiger partial charge is 0.342 e. The maximum Gasteiger partial charge on any atom is 0.250 e. The van der Waals surface area contributed by atoms with Crippen molar-refractivity contribution in [3.05, 3.63) is 26.8 Å². The van der Waals surface area contributed by atoms with Gasteiger partial charge in [0.1, 0.15) is 12.1 Å². The van der Waals surface area contributed by atoms with Gasteiger partial charge in [0.15, 0.2) is 0 Å². The number of anilines is 1. The number of hydrogen-bond acceptors (Lipinski definition) is 2. The first-order valence-corrected chi connectivity index (χ1v) is 8.03. The van der Waals surface area contributed by atoms with Crippen molar-refractivity contribution in [2.45, 2.75) is 31.8 Å². The molecule has 2 fully saturated rings. The van der Waals surface area contributed by atoms with Gasteiger partial charge < -0.3 is 5.32 Å². The van der Waals surface area contributed by atoms with E-state index < -0.39 is 6.04 Å². The van der Waals surface area contributed by atoms with Crippen molar-refractivity contribution >= 4 is 51.7 Å². The summed E-state index contributed by atoms with van der Waals surface area (Å²) in [4.78, 5) is 26.4. The number of amides is 2. The third-order valence-electron chi connectivity index (χ3n) is 3.83. The molecule has 1 aromatic carbocycles. The Morgan fingerprint density at radius 2 is 2.05 bits per heavy atom. The van der Waals surface area contributed by atoms with Crippen LogP contribution in [0.3, 0.4) is 0 Å². The van der Waals surface area contributed by atoms with Crippen LogP contribution in [-0.2, 0) is 9.59 Å². The van der Waals surface area contributed by atoms with Crippen molar-refractivity contribution in [1.29, 1.82) is 0 Å². The Morgan fingerprint density at radius 1 is 1.35 bits per heavy atom. The third-order valence-corrected chi connectivity index (χ3v) is 4.93. The number of nitrogens with one attached hydrogen (secondary N) is 1. The molecule has 2 atom stereocenters. The van der Waals surface area contributed by atoms with Crippen LogP contribution in [0.15, 0.2) is 18.2 Å². The second-order valence-corrected chi connectivity index (χ2v) is 6.90. The number of halogens is 2. The Balaban J connectivity index is 1.99. The Kier molecular flexibility index (Phi) is 3.66. The normalized spacial score (nSPS) is 26.6. The summed E-state index contributed by atoms with van der Waals surface area (Å²) < 4.78 is 0.875. The van der Waals surface area contributed by atoms with Crippen LogP contribution in [0.2, 0.25) is 5.02 Å². The van der Waals surface area contributed by atoms with E-state index >= 15 is 0 Å². The van der Waals surface area contributed by atoms with Gasteiger partial charge in [-0.25, -0.2) is 0 Å². The van der Waals surface area contributed by atoms with Crippen molar-refractivity contribution in [3.8, 4) is 0 Å². The predicted octanol–water partition coefficient (Wildman–Crippen LogP) is 2.57. The highest BCUT2D eigenvalue weighted by molar-refractivity contribution is 14.1. The summed E-state index contributed by atoms with van der Waals surface area (Å²) in [6, 6.07) is 4.49. The fraction of sp³-hybridized carbons (Fsp3) is 0.429. The van der Waals surface area contributed by atoms with Crippen LogP contribution in [0.25, 0.3) is 0 Å². The number of hydrogen-bond donors (Lipinski definition) is 1. The number of rotatable bonds is 2. The second-order valence-electron chi connectivity index (χ2n) is 5.30. The molecule has 20 heavy (non-hydrogen) atoms. The first kappa shape index (κ1) is 14.1. The zero-order valence-electron chi connectivity index (χ0n) is 10.9. The van der Waals surface area contributed by atoms with Gasteiger partial charge in [0.2, 0.25) is 5.91 Å². The van der Waals surface area contributed by atoms with Crippen LogP contribution in [0.4, 0.5) is 5.69 Å². The standard InChI is InChI=1S/C14H14ClIN2O2/c1-7-13(19)17-12(8-2-3-8)14(20)18(7)11-5-4-9(15)6-10(11)16/h4-8,12H,2-3H2,1H3,(H,17,19). The zero-order chi connectivity index (χ0) is 14.4. The van der Waals surface area contributed by atoms with E-state index in [0.29, 0.717) is 10.9 Å². The lowest BCUT2D eigenvalue weighted by molar-refractivity contribution is -0.134. The number of carbonyl (C=O) groups excluding carboxylic acids is 2. The van der Waals surface area contributed by atoms with Crippen LogP contribution in [0, 0.1) is 9.49 Å². The summed E-state index contributed by atoms with van der Waals surface area (Å²) in [7, 11) is 0. The summed E-state index contributed by atoms with van der Waals surface area (Å²) in [6.07, 6.45) is 2.02. The minimum atomic E-state index is -0.493. The molecule has 1 aliphatic carbocycles. The molecular formula is C14H14ClIN2O2. The third kappa shape index (κ3) is 2.41. The number of benzene rings is 1. The van der Waals surface area contributed by atoms with E-state index in [4.69, 9.17) is 11.6 Å². The molecule has 1 N–H and O–H groups in total. The molecule has 6 heteroatoms. The van der Waals surface area contributed by atoms with Crippen molar-refractivity contribution in [1.82, 2.24) is 5.32 Å². The summed E-state index contributed by atoms with van der Waals surface area (Å²) in [6.45, 7) is 1.75. The second kappa shape index (κ2) is 5.18. The molecule has 1 aliphatic heterocycles. The average molecular weight is 405 g/mol. The summed E-state index contributed by atoms with van der Waals surface area (Å²) in [5.41, 5.74) is 0.757. The average Bonchev–Trinajstić information content (AvgIpc) is 3.21. The monoisotopic (exact) mass is 404 g/mol. The van der Waals surface area contributed by atoms with E-state index in [9.17, 15) is 9.59 Å². The number of carbonyl (C=O) groups is 2. The van der Waals surface area contributed by atoms with Gasteiger partial charge in [-0.1, -0.05) is 11.6 Å². The van der Waals surface area contributed by atoms with Gasteiger partial charge in [-0.2, -0.15) is 0 Å². The van der Waals surface area contributed by atoms with Crippen molar-refractivity contribution < 1.29 is 9.59 Å². The van der Waals surface area contributed by atoms with Crippen molar-refractivity contribution in [2.24, 2.45) is 5.92 Å².